The lowest BCUT2D eigenvalue weighted by Crippen LogP contribution is -2.19. The molecule has 4 aromatic rings. The van der Waals surface area contributed by atoms with Crippen LogP contribution in [-0.2, 0) is 10.0 Å². The third-order valence-corrected chi connectivity index (χ3v) is 6.99. The summed E-state index contributed by atoms with van der Waals surface area (Å²) in [6.45, 7) is 1.02. The van der Waals surface area contributed by atoms with E-state index in [1.807, 2.05) is 49.3 Å². The summed E-state index contributed by atoms with van der Waals surface area (Å²) in [4.78, 5) is 1.95. The van der Waals surface area contributed by atoms with Crippen LogP contribution in [0.2, 0.25) is 5.02 Å². The summed E-state index contributed by atoms with van der Waals surface area (Å²) in [5.74, 6) is -0.0595. The van der Waals surface area contributed by atoms with Crippen molar-refractivity contribution in [1.82, 2.24) is 8.87 Å². The first-order chi connectivity index (χ1) is 15.3. The fraction of sp³-hybridized carbons (Fsp3) is 0.167. The van der Waals surface area contributed by atoms with E-state index in [9.17, 15) is 12.8 Å². The predicted octanol–water partition coefficient (Wildman–Crippen LogP) is 5.28. The highest BCUT2D eigenvalue weighted by atomic mass is 35.5. The molecule has 0 aliphatic heterocycles. The molecule has 32 heavy (non-hydrogen) atoms. The maximum atomic E-state index is 13.8. The number of hydrogen-bond donors (Lipinski definition) is 0. The summed E-state index contributed by atoms with van der Waals surface area (Å²) in [6.07, 6.45) is 0. The topological polar surface area (TPSA) is 51.5 Å². The third kappa shape index (κ3) is 4.24. The minimum absolute atomic E-state index is 0.0344. The van der Waals surface area contributed by atoms with Crippen molar-refractivity contribution in [1.29, 1.82) is 0 Å². The van der Waals surface area contributed by atoms with E-state index >= 15 is 0 Å². The molecule has 0 N–H and O–H groups in total. The zero-order valence-corrected chi connectivity index (χ0v) is 19.2. The molecule has 5 nitrogen and oxygen atoms in total. The van der Waals surface area contributed by atoms with Crippen molar-refractivity contribution in [3.8, 4) is 17.0 Å². The van der Waals surface area contributed by atoms with Crippen molar-refractivity contribution in [3.63, 3.8) is 0 Å². The maximum absolute atomic E-state index is 13.8. The Morgan fingerprint density at radius 1 is 1.00 bits per heavy atom. The van der Waals surface area contributed by atoms with Gasteiger partial charge in [-0.25, -0.2) is 16.8 Å². The summed E-state index contributed by atoms with van der Waals surface area (Å²) < 4.78 is 48.5. The molecule has 3 aromatic carbocycles. The standard InChI is InChI=1S/C24H22ClFN2O3S/c1-27(2)14-15-31-24-21-13-8-18(25)16-22(21)28(23(24)17-6-4-3-5-7-17)32(29,30)20-11-9-19(26)10-12-20/h3-13,16H,14-15H2,1-2H3. The average molecular weight is 473 g/mol. The van der Waals surface area contributed by atoms with E-state index in [4.69, 9.17) is 16.3 Å². The fourth-order valence-corrected chi connectivity index (χ4v) is 5.18. The minimum Gasteiger partial charge on any atom is -0.489 e. The Morgan fingerprint density at radius 3 is 2.34 bits per heavy atom. The van der Waals surface area contributed by atoms with Crippen molar-refractivity contribution >= 4 is 32.5 Å². The molecule has 0 spiro atoms. The Bertz CT molecular complexity index is 1350. The SMILES string of the molecule is CN(C)CCOc1c(-c2ccccc2)n(S(=O)(=O)c2ccc(F)cc2)c2cc(Cl)ccc12. The molecule has 0 unspecified atom stereocenters. The van der Waals surface area contributed by atoms with Crippen LogP contribution < -0.4 is 4.74 Å². The number of fused-ring (bicyclic) bond motifs is 1. The van der Waals surface area contributed by atoms with Crippen molar-refractivity contribution in [2.24, 2.45) is 0 Å². The van der Waals surface area contributed by atoms with Gasteiger partial charge in [-0.1, -0.05) is 41.9 Å². The summed E-state index contributed by atoms with van der Waals surface area (Å²) in [5.41, 5.74) is 1.46. The predicted molar refractivity (Wildman–Crippen MR) is 125 cm³/mol. The van der Waals surface area contributed by atoms with Gasteiger partial charge in [0, 0.05) is 22.5 Å². The second kappa shape index (κ2) is 8.94. The van der Waals surface area contributed by atoms with E-state index in [0.29, 0.717) is 46.1 Å². The lowest BCUT2D eigenvalue weighted by molar-refractivity contribution is 0.264. The van der Waals surface area contributed by atoms with Crippen LogP contribution >= 0.6 is 11.6 Å². The molecule has 8 heteroatoms. The van der Waals surface area contributed by atoms with E-state index in [1.165, 1.54) is 16.1 Å². The van der Waals surface area contributed by atoms with Crippen molar-refractivity contribution in [2.45, 2.75) is 4.90 Å². The average Bonchev–Trinajstić information content (AvgIpc) is 3.08. The Kier molecular flexibility index (Phi) is 6.24. The number of benzene rings is 3. The van der Waals surface area contributed by atoms with E-state index in [-0.39, 0.29) is 4.90 Å². The van der Waals surface area contributed by atoms with Crippen LogP contribution in [0.5, 0.6) is 5.75 Å². The van der Waals surface area contributed by atoms with Crippen LogP contribution in [0.4, 0.5) is 4.39 Å². The van der Waals surface area contributed by atoms with Gasteiger partial charge in [0.05, 0.1) is 10.4 Å². The van der Waals surface area contributed by atoms with Crippen LogP contribution in [0.1, 0.15) is 0 Å². The Balaban J connectivity index is 2.04. The highest BCUT2D eigenvalue weighted by Crippen LogP contribution is 2.43. The Labute approximate surface area is 191 Å². The fourth-order valence-electron chi connectivity index (χ4n) is 3.49. The number of rotatable bonds is 7. The Morgan fingerprint density at radius 2 is 1.69 bits per heavy atom. The normalized spacial score (nSPS) is 11.9. The molecular formula is C24H22ClFN2O3S. The zero-order chi connectivity index (χ0) is 22.9. The third-order valence-electron chi connectivity index (χ3n) is 5.03. The van der Waals surface area contributed by atoms with Crippen molar-refractivity contribution < 1.29 is 17.5 Å². The monoisotopic (exact) mass is 472 g/mol. The molecule has 0 bridgehead atoms. The summed E-state index contributed by atoms with van der Waals surface area (Å²) in [7, 11) is -0.229. The number of nitrogens with zero attached hydrogens (tertiary/aromatic N) is 2. The number of halogens is 2. The molecular weight excluding hydrogens is 451 g/mol. The van der Waals surface area contributed by atoms with Gasteiger partial charge >= 0.3 is 0 Å². The molecule has 0 fully saturated rings. The zero-order valence-electron chi connectivity index (χ0n) is 17.6. The van der Waals surface area contributed by atoms with Gasteiger partial charge in [-0.3, -0.25) is 0 Å². The van der Waals surface area contributed by atoms with E-state index in [0.717, 1.165) is 12.1 Å². The number of likely N-dealkylation sites (N-methyl/N-ethyl adjacent to an activating group) is 1. The number of ether oxygens (including phenoxy) is 1. The quantitative estimate of drug-likeness (QED) is 0.367. The first-order valence-corrected chi connectivity index (χ1v) is 11.8. The highest BCUT2D eigenvalue weighted by molar-refractivity contribution is 7.90. The van der Waals surface area contributed by atoms with Gasteiger partial charge in [0.2, 0.25) is 0 Å². The van der Waals surface area contributed by atoms with Crippen molar-refractivity contribution in [2.75, 3.05) is 27.2 Å². The molecule has 4 rings (SSSR count). The summed E-state index contributed by atoms with van der Waals surface area (Å²) >= 11 is 6.26. The second-order valence-electron chi connectivity index (χ2n) is 7.58. The van der Waals surface area contributed by atoms with E-state index in [2.05, 4.69) is 0 Å². The molecule has 0 radical (unpaired) electrons. The van der Waals surface area contributed by atoms with Gasteiger partial charge in [-0.15, -0.1) is 0 Å². The molecule has 0 saturated heterocycles. The molecule has 1 heterocycles. The van der Waals surface area contributed by atoms with E-state index < -0.39 is 15.8 Å². The van der Waals surface area contributed by atoms with Gasteiger partial charge in [0.15, 0.2) is 5.75 Å². The summed E-state index contributed by atoms with van der Waals surface area (Å²) in [5, 5.41) is 1.02. The summed E-state index contributed by atoms with van der Waals surface area (Å²) in [6, 6.07) is 19.0. The number of aromatic nitrogens is 1. The molecule has 166 valence electrons. The van der Waals surface area contributed by atoms with Gasteiger partial charge in [0.1, 0.15) is 18.1 Å². The van der Waals surface area contributed by atoms with Gasteiger partial charge < -0.3 is 9.64 Å². The second-order valence-corrected chi connectivity index (χ2v) is 9.80. The Hall–Kier alpha value is -2.87. The molecule has 0 aliphatic rings. The molecule has 0 amide bonds. The van der Waals surface area contributed by atoms with Gasteiger partial charge in [-0.2, -0.15) is 0 Å². The molecule has 0 aliphatic carbocycles. The minimum atomic E-state index is -4.10. The number of hydrogen-bond acceptors (Lipinski definition) is 4. The van der Waals surface area contributed by atoms with E-state index in [1.54, 1.807) is 18.2 Å². The lowest BCUT2D eigenvalue weighted by Gasteiger charge is -2.15. The largest absolute Gasteiger partial charge is 0.489 e. The van der Waals surface area contributed by atoms with Crippen LogP contribution in [0.15, 0.2) is 77.7 Å². The van der Waals surface area contributed by atoms with Crippen LogP contribution in [0.25, 0.3) is 22.2 Å². The van der Waals surface area contributed by atoms with Gasteiger partial charge in [-0.05, 0) is 56.6 Å². The lowest BCUT2D eigenvalue weighted by atomic mass is 10.1. The van der Waals surface area contributed by atoms with Crippen molar-refractivity contribution in [3.05, 3.63) is 83.6 Å². The highest BCUT2D eigenvalue weighted by Gasteiger charge is 2.29. The molecule has 0 atom stereocenters. The maximum Gasteiger partial charge on any atom is 0.268 e. The molecule has 0 saturated carbocycles. The van der Waals surface area contributed by atoms with Crippen LogP contribution in [-0.4, -0.2) is 44.5 Å². The van der Waals surface area contributed by atoms with Gasteiger partial charge in [0.25, 0.3) is 10.0 Å². The van der Waals surface area contributed by atoms with Crippen LogP contribution in [0, 0.1) is 5.82 Å². The first kappa shape index (κ1) is 22.3. The smallest absolute Gasteiger partial charge is 0.268 e. The molecule has 1 aromatic heterocycles. The first-order valence-electron chi connectivity index (χ1n) is 9.97. The van der Waals surface area contributed by atoms with Crippen LogP contribution in [0.3, 0.4) is 0 Å².